The number of phenols is 1. The van der Waals surface area contributed by atoms with E-state index in [9.17, 15) is 14.7 Å². The molecule has 0 aliphatic carbocycles. The molecule has 0 radical (unpaired) electrons. The number of nitrogens with one attached hydrogen (secondary N) is 1. The van der Waals surface area contributed by atoms with Crippen molar-refractivity contribution < 1.29 is 19.8 Å². The molecular formula is C14H19NO4. The Balaban J connectivity index is 2.60. The molecule has 0 spiro atoms. The largest absolute Gasteiger partial charge is 0.508 e. The average molecular weight is 265 g/mol. The van der Waals surface area contributed by atoms with Crippen LogP contribution in [-0.4, -0.2) is 28.1 Å². The quantitative estimate of drug-likeness (QED) is 0.728. The van der Waals surface area contributed by atoms with Gasteiger partial charge in [-0.1, -0.05) is 26.0 Å². The van der Waals surface area contributed by atoms with Gasteiger partial charge in [-0.15, -0.1) is 0 Å². The number of hydrogen-bond acceptors (Lipinski definition) is 3. The average Bonchev–Trinajstić information content (AvgIpc) is 2.27. The first-order valence-corrected chi connectivity index (χ1v) is 6.18. The first-order chi connectivity index (χ1) is 8.88. The number of carbonyl (C=O) groups excluding carboxylic acids is 1. The van der Waals surface area contributed by atoms with E-state index in [2.05, 4.69) is 5.32 Å². The van der Waals surface area contributed by atoms with Gasteiger partial charge in [0.2, 0.25) is 5.91 Å². The highest BCUT2D eigenvalue weighted by Gasteiger charge is 2.20. The molecule has 1 aromatic rings. The van der Waals surface area contributed by atoms with Crippen LogP contribution in [0.1, 0.15) is 25.8 Å². The van der Waals surface area contributed by atoms with E-state index >= 15 is 0 Å². The molecule has 0 aliphatic rings. The fourth-order valence-electron chi connectivity index (χ4n) is 1.79. The van der Waals surface area contributed by atoms with Gasteiger partial charge in [0.25, 0.3) is 0 Å². The summed E-state index contributed by atoms with van der Waals surface area (Å²) in [7, 11) is 0. The van der Waals surface area contributed by atoms with Crippen LogP contribution in [-0.2, 0) is 16.0 Å². The van der Waals surface area contributed by atoms with Crippen molar-refractivity contribution >= 4 is 11.9 Å². The second-order valence-corrected chi connectivity index (χ2v) is 4.93. The third-order valence-corrected chi connectivity index (χ3v) is 2.62. The van der Waals surface area contributed by atoms with Gasteiger partial charge in [-0.05, 0) is 30.0 Å². The topological polar surface area (TPSA) is 86.6 Å². The van der Waals surface area contributed by atoms with Gasteiger partial charge >= 0.3 is 5.97 Å². The Labute approximate surface area is 112 Å². The van der Waals surface area contributed by atoms with Gasteiger partial charge in [0, 0.05) is 0 Å². The summed E-state index contributed by atoms with van der Waals surface area (Å²) in [4.78, 5) is 22.8. The van der Waals surface area contributed by atoms with Crippen molar-refractivity contribution in [2.45, 2.75) is 32.7 Å². The highest BCUT2D eigenvalue weighted by Crippen LogP contribution is 2.11. The Hall–Kier alpha value is -2.04. The zero-order valence-corrected chi connectivity index (χ0v) is 11.1. The summed E-state index contributed by atoms with van der Waals surface area (Å²) < 4.78 is 0. The third-order valence-electron chi connectivity index (χ3n) is 2.62. The van der Waals surface area contributed by atoms with E-state index in [0.29, 0.717) is 12.0 Å². The van der Waals surface area contributed by atoms with E-state index in [1.165, 1.54) is 12.1 Å². The first-order valence-electron chi connectivity index (χ1n) is 6.18. The molecule has 5 nitrogen and oxygen atoms in total. The van der Waals surface area contributed by atoms with Gasteiger partial charge in [-0.3, -0.25) is 4.79 Å². The molecule has 3 N–H and O–H groups in total. The van der Waals surface area contributed by atoms with Crippen molar-refractivity contribution in [1.82, 2.24) is 5.32 Å². The first kappa shape index (κ1) is 15.0. The maximum absolute atomic E-state index is 11.8. The number of carboxylic acids is 1. The van der Waals surface area contributed by atoms with Gasteiger partial charge in [-0.25, -0.2) is 4.79 Å². The van der Waals surface area contributed by atoms with E-state index in [1.54, 1.807) is 12.1 Å². The zero-order valence-electron chi connectivity index (χ0n) is 11.1. The fraction of sp³-hybridized carbons (Fsp3) is 0.429. The van der Waals surface area contributed by atoms with Crippen molar-refractivity contribution in [3.63, 3.8) is 0 Å². The molecule has 0 heterocycles. The van der Waals surface area contributed by atoms with Crippen molar-refractivity contribution in [1.29, 1.82) is 0 Å². The molecule has 1 aromatic carbocycles. The van der Waals surface area contributed by atoms with E-state index in [1.807, 2.05) is 13.8 Å². The lowest BCUT2D eigenvalue weighted by molar-refractivity contribution is -0.142. The standard InChI is InChI=1S/C14H19NO4/c1-9(2)6-12(14(18)19)15-13(17)8-10-4-3-5-11(16)7-10/h3-5,7,9,12,16H,6,8H2,1-2H3,(H,15,17)(H,18,19). The minimum Gasteiger partial charge on any atom is -0.508 e. The number of carbonyl (C=O) groups is 2. The molecule has 1 unspecified atom stereocenters. The van der Waals surface area contributed by atoms with Crippen LogP contribution in [0, 0.1) is 5.92 Å². The molecule has 0 aromatic heterocycles. The van der Waals surface area contributed by atoms with Crippen LogP contribution in [0.25, 0.3) is 0 Å². The highest BCUT2D eigenvalue weighted by molar-refractivity contribution is 5.84. The molecule has 1 amide bonds. The Morgan fingerprint density at radius 1 is 1.32 bits per heavy atom. The second-order valence-electron chi connectivity index (χ2n) is 4.93. The predicted molar refractivity (Wildman–Crippen MR) is 70.8 cm³/mol. The molecule has 1 rings (SSSR count). The monoisotopic (exact) mass is 265 g/mol. The molecule has 0 bridgehead atoms. The maximum atomic E-state index is 11.8. The Morgan fingerprint density at radius 3 is 2.53 bits per heavy atom. The lowest BCUT2D eigenvalue weighted by Gasteiger charge is -2.16. The van der Waals surface area contributed by atoms with Crippen LogP contribution in [0.4, 0.5) is 0 Å². The van der Waals surface area contributed by atoms with Gasteiger partial charge < -0.3 is 15.5 Å². The van der Waals surface area contributed by atoms with E-state index in [4.69, 9.17) is 5.11 Å². The number of hydrogen-bond donors (Lipinski definition) is 3. The summed E-state index contributed by atoms with van der Waals surface area (Å²) >= 11 is 0. The Kier molecular flexibility index (Phi) is 5.36. The normalized spacial score (nSPS) is 12.2. The number of aliphatic carboxylic acids is 1. The highest BCUT2D eigenvalue weighted by atomic mass is 16.4. The SMILES string of the molecule is CC(C)CC(NC(=O)Cc1cccc(O)c1)C(=O)O. The minimum atomic E-state index is -1.03. The molecule has 0 saturated heterocycles. The molecule has 0 aliphatic heterocycles. The summed E-state index contributed by atoms with van der Waals surface area (Å²) in [5.74, 6) is -1.12. The lowest BCUT2D eigenvalue weighted by atomic mass is 10.0. The van der Waals surface area contributed by atoms with Gasteiger partial charge in [0.15, 0.2) is 0 Å². The third kappa shape index (κ3) is 5.42. The van der Waals surface area contributed by atoms with Crippen LogP contribution >= 0.6 is 0 Å². The summed E-state index contributed by atoms with van der Waals surface area (Å²) in [6.07, 6.45) is 0.442. The summed E-state index contributed by atoms with van der Waals surface area (Å²) in [5, 5.41) is 20.8. The Bertz CT molecular complexity index is 457. The van der Waals surface area contributed by atoms with Crippen LogP contribution in [0.15, 0.2) is 24.3 Å². The van der Waals surface area contributed by atoms with E-state index in [-0.39, 0.29) is 24.0 Å². The predicted octanol–water partition coefficient (Wildman–Crippen LogP) is 1.55. The fourth-order valence-corrected chi connectivity index (χ4v) is 1.79. The molecule has 1 atom stereocenters. The molecule has 19 heavy (non-hydrogen) atoms. The smallest absolute Gasteiger partial charge is 0.326 e. The van der Waals surface area contributed by atoms with E-state index < -0.39 is 12.0 Å². The molecule has 0 fully saturated rings. The zero-order chi connectivity index (χ0) is 14.4. The van der Waals surface area contributed by atoms with Crippen molar-refractivity contribution in [3.05, 3.63) is 29.8 Å². The number of amides is 1. The number of aromatic hydroxyl groups is 1. The molecular weight excluding hydrogens is 246 g/mol. The summed E-state index contributed by atoms with van der Waals surface area (Å²) in [6.45, 7) is 3.80. The Morgan fingerprint density at radius 2 is 2.00 bits per heavy atom. The maximum Gasteiger partial charge on any atom is 0.326 e. The molecule has 5 heteroatoms. The lowest BCUT2D eigenvalue weighted by Crippen LogP contribution is -2.42. The van der Waals surface area contributed by atoms with Crippen molar-refractivity contribution in [2.75, 3.05) is 0 Å². The molecule has 104 valence electrons. The van der Waals surface area contributed by atoms with Gasteiger partial charge in [0.05, 0.1) is 6.42 Å². The summed E-state index contributed by atoms with van der Waals surface area (Å²) in [5.41, 5.74) is 0.645. The van der Waals surface area contributed by atoms with Crippen LogP contribution in [0.2, 0.25) is 0 Å². The van der Waals surface area contributed by atoms with Gasteiger partial charge in [0.1, 0.15) is 11.8 Å². The van der Waals surface area contributed by atoms with Crippen LogP contribution in [0.3, 0.4) is 0 Å². The minimum absolute atomic E-state index is 0.0519. The van der Waals surface area contributed by atoms with Crippen LogP contribution < -0.4 is 5.32 Å². The number of benzene rings is 1. The van der Waals surface area contributed by atoms with Crippen molar-refractivity contribution in [2.24, 2.45) is 5.92 Å². The number of phenolic OH excluding ortho intramolecular Hbond substituents is 1. The molecule has 0 saturated carbocycles. The van der Waals surface area contributed by atoms with Crippen molar-refractivity contribution in [3.8, 4) is 5.75 Å². The second kappa shape index (κ2) is 6.78. The summed E-state index contributed by atoms with van der Waals surface area (Å²) in [6, 6.07) is 5.47. The number of carboxylic acid groups (broad SMARTS) is 1. The van der Waals surface area contributed by atoms with E-state index in [0.717, 1.165) is 0 Å². The van der Waals surface area contributed by atoms with Crippen LogP contribution in [0.5, 0.6) is 5.75 Å². The van der Waals surface area contributed by atoms with Gasteiger partial charge in [-0.2, -0.15) is 0 Å². The number of rotatable bonds is 6.